The summed E-state index contributed by atoms with van der Waals surface area (Å²) in [7, 11) is 3.25. The van der Waals surface area contributed by atoms with Crippen LogP contribution in [0.2, 0.25) is 0 Å². The lowest BCUT2D eigenvalue weighted by Crippen LogP contribution is -2.71. The van der Waals surface area contributed by atoms with Gasteiger partial charge in [0.2, 0.25) is 12.1 Å². The number of rotatable bonds is 7. The minimum absolute atomic E-state index is 0.0516. The molecule has 0 amide bonds. The summed E-state index contributed by atoms with van der Waals surface area (Å²) in [6.07, 6.45) is -10.0. The number of benzene rings is 1. The highest BCUT2D eigenvalue weighted by atomic mass is 19.4. The largest absolute Gasteiger partial charge is 0.573 e. The molecule has 10 atom stereocenters. The third-order valence-corrected chi connectivity index (χ3v) is 7.61. The molecule has 1 aromatic carbocycles. The van der Waals surface area contributed by atoms with Gasteiger partial charge in [0.15, 0.2) is 0 Å². The second-order valence-corrected chi connectivity index (χ2v) is 10.2. The SMILES string of the molecule is CN[C@@H]1[C@H](O)[C@H](NC)C2CO[C@]3(O)[C@H](OC2[C@H]1O)O[C@H](C)C[C@@]3(O)CNCc1cccc(OC(F)(F)F)c1. The van der Waals surface area contributed by atoms with Crippen molar-refractivity contribution < 1.29 is 52.5 Å². The second-order valence-electron chi connectivity index (χ2n) is 10.2. The molecule has 11 nitrogen and oxygen atoms in total. The van der Waals surface area contributed by atoms with Gasteiger partial charge in [-0.25, -0.2) is 0 Å². The summed E-state index contributed by atoms with van der Waals surface area (Å²) < 4.78 is 59.4. The maximum atomic E-state index is 12.6. The lowest BCUT2D eigenvalue weighted by atomic mass is 9.76. The number of hydrogen-bond donors (Lipinski definition) is 7. The molecule has 2 aliphatic heterocycles. The van der Waals surface area contributed by atoms with Gasteiger partial charge in [0.1, 0.15) is 11.4 Å². The molecule has 0 radical (unpaired) electrons. The minimum Gasteiger partial charge on any atom is -0.406 e. The Labute approximate surface area is 218 Å². The Morgan fingerprint density at radius 3 is 2.45 bits per heavy atom. The zero-order valence-electron chi connectivity index (χ0n) is 21.3. The van der Waals surface area contributed by atoms with Crippen LogP contribution in [0.4, 0.5) is 13.2 Å². The molecule has 14 heteroatoms. The zero-order chi connectivity index (χ0) is 27.9. The van der Waals surface area contributed by atoms with Crippen molar-refractivity contribution in [2.75, 3.05) is 27.2 Å². The van der Waals surface area contributed by atoms with Gasteiger partial charge in [-0.1, -0.05) is 12.1 Å². The van der Waals surface area contributed by atoms with Crippen LogP contribution in [0, 0.1) is 5.92 Å². The van der Waals surface area contributed by atoms with Crippen LogP contribution in [0.15, 0.2) is 24.3 Å². The van der Waals surface area contributed by atoms with Crippen molar-refractivity contribution in [1.82, 2.24) is 16.0 Å². The highest BCUT2D eigenvalue weighted by molar-refractivity contribution is 5.28. The Morgan fingerprint density at radius 2 is 1.79 bits per heavy atom. The molecular weight excluding hydrogens is 515 g/mol. The van der Waals surface area contributed by atoms with E-state index in [1.807, 2.05) is 0 Å². The first kappa shape index (κ1) is 29.4. The predicted octanol–water partition coefficient (Wildman–Crippen LogP) is -0.828. The number of aliphatic hydroxyl groups is 4. The van der Waals surface area contributed by atoms with E-state index >= 15 is 0 Å². The lowest BCUT2D eigenvalue weighted by molar-refractivity contribution is -0.419. The van der Waals surface area contributed by atoms with Crippen molar-refractivity contribution >= 4 is 0 Å². The Hall–Kier alpha value is -1.59. The molecule has 3 aliphatic rings. The standard InChI is InChI=1S/C24H36F3N3O8/c1-12-8-22(33,11-30-9-13-5-4-6-14(7-13)38-24(25,26)27)23(34)21(36-12)37-20-15(10-35-23)16(28-2)18(31)17(29-3)19(20)32/h4-7,12,15-21,28-34H,8-11H2,1-3H3/t12-,15?,16-,17-,18-,19+,20?,21+,22-,23-/m1/s1. The average molecular weight is 552 g/mol. The van der Waals surface area contributed by atoms with Gasteiger partial charge >= 0.3 is 6.36 Å². The fraction of sp³-hybridized carbons (Fsp3) is 0.750. The molecule has 2 saturated heterocycles. The van der Waals surface area contributed by atoms with Crippen molar-refractivity contribution in [1.29, 1.82) is 0 Å². The van der Waals surface area contributed by atoms with Crippen LogP contribution >= 0.6 is 0 Å². The second kappa shape index (κ2) is 11.1. The van der Waals surface area contributed by atoms with Crippen molar-refractivity contribution in [2.45, 2.75) is 80.4 Å². The molecule has 2 unspecified atom stereocenters. The van der Waals surface area contributed by atoms with Crippen molar-refractivity contribution in [3.05, 3.63) is 29.8 Å². The quantitative estimate of drug-likeness (QED) is 0.227. The van der Waals surface area contributed by atoms with E-state index in [0.29, 0.717) is 5.56 Å². The maximum absolute atomic E-state index is 12.6. The van der Waals surface area contributed by atoms with Crippen LogP contribution in [0.25, 0.3) is 0 Å². The van der Waals surface area contributed by atoms with Crippen LogP contribution in [-0.2, 0) is 20.8 Å². The Kier molecular flexibility index (Phi) is 8.60. The zero-order valence-corrected chi connectivity index (χ0v) is 21.3. The predicted molar refractivity (Wildman–Crippen MR) is 126 cm³/mol. The van der Waals surface area contributed by atoms with Crippen LogP contribution in [0.1, 0.15) is 18.9 Å². The van der Waals surface area contributed by atoms with Gasteiger partial charge in [-0.05, 0) is 38.7 Å². The summed E-state index contributed by atoms with van der Waals surface area (Å²) in [5, 5.41) is 54.0. The van der Waals surface area contributed by atoms with Crippen LogP contribution in [0.3, 0.4) is 0 Å². The number of likely N-dealkylation sites (N-methyl/N-ethyl adjacent to an activating group) is 2. The van der Waals surface area contributed by atoms with Crippen LogP contribution < -0.4 is 20.7 Å². The number of aliphatic hydroxyl groups excluding tert-OH is 2. The fourth-order valence-electron chi connectivity index (χ4n) is 5.80. The first-order valence-corrected chi connectivity index (χ1v) is 12.5. The molecule has 1 saturated carbocycles. The monoisotopic (exact) mass is 551 g/mol. The number of halogens is 3. The van der Waals surface area contributed by atoms with Crippen molar-refractivity contribution in [2.24, 2.45) is 5.92 Å². The highest BCUT2D eigenvalue weighted by Crippen LogP contribution is 2.44. The van der Waals surface area contributed by atoms with Gasteiger partial charge in [0.05, 0.1) is 37.1 Å². The average Bonchev–Trinajstić information content (AvgIpc) is 2.97. The van der Waals surface area contributed by atoms with E-state index < -0.39 is 66.5 Å². The Balaban J connectivity index is 1.52. The van der Waals surface area contributed by atoms with E-state index in [9.17, 15) is 33.6 Å². The van der Waals surface area contributed by atoms with E-state index in [1.165, 1.54) is 18.2 Å². The number of ether oxygens (including phenoxy) is 4. The smallest absolute Gasteiger partial charge is 0.406 e. The summed E-state index contributed by atoms with van der Waals surface area (Å²) >= 11 is 0. The molecule has 7 N–H and O–H groups in total. The topological polar surface area (TPSA) is 154 Å². The summed E-state index contributed by atoms with van der Waals surface area (Å²) in [6.45, 7) is 1.33. The van der Waals surface area contributed by atoms with Gasteiger partial charge in [0.25, 0.3) is 0 Å². The molecule has 2 heterocycles. The molecule has 1 aliphatic carbocycles. The van der Waals surface area contributed by atoms with E-state index in [4.69, 9.17) is 14.2 Å². The summed E-state index contributed by atoms with van der Waals surface area (Å²) in [5.41, 5.74) is -1.49. The molecule has 4 rings (SSSR count). The molecule has 0 aromatic heterocycles. The van der Waals surface area contributed by atoms with Crippen molar-refractivity contribution in [3.63, 3.8) is 0 Å². The molecule has 38 heavy (non-hydrogen) atoms. The molecule has 0 bridgehead atoms. The third-order valence-electron chi connectivity index (χ3n) is 7.61. The van der Waals surface area contributed by atoms with Gasteiger partial charge in [-0.15, -0.1) is 13.2 Å². The number of nitrogens with one attached hydrogen (secondary N) is 3. The molecule has 1 aromatic rings. The van der Waals surface area contributed by atoms with Gasteiger partial charge in [-0.2, -0.15) is 0 Å². The number of fused-ring (bicyclic) bond motifs is 2. The fourth-order valence-corrected chi connectivity index (χ4v) is 5.80. The van der Waals surface area contributed by atoms with Crippen molar-refractivity contribution in [3.8, 4) is 5.75 Å². The number of hydrogen-bond acceptors (Lipinski definition) is 11. The van der Waals surface area contributed by atoms with Gasteiger partial charge in [0, 0.05) is 31.5 Å². The minimum atomic E-state index is -4.82. The summed E-state index contributed by atoms with van der Waals surface area (Å²) in [5.74, 6) is -3.34. The van der Waals surface area contributed by atoms with Gasteiger partial charge in [-0.3, -0.25) is 0 Å². The Morgan fingerprint density at radius 1 is 1.08 bits per heavy atom. The maximum Gasteiger partial charge on any atom is 0.573 e. The first-order valence-electron chi connectivity index (χ1n) is 12.5. The molecule has 0 spiro atoms. The first-order chi connectivity index (χ1) is 17.8. The van der Waals surface area contributed by atoms with Gasteiger partial charge < -0.3 is 55.3 Å². The van der Waals surface area contributed by atoms with E-state index in [1.54, 1.807) is 27.1 Å². The Bertz CT molecular complexity index is 961. The normalized spacial score (nSPS) is 41.6. The lowest BCUT2D eigenvalue weighted by Gasteiger charge is -2.51. The van der Waals surface area contributed by atoms with E-state index in [2.05, 4.69) is 20.7 Å². The van der Waals surface area contributed by atoms with Crippen LogP contribution in [-0.4, -0.2) is 108 Å². The highest BCUT2D eigenvalue weighted by Gasteiger charge is 2.65. The molecule has 3 fully saturated rings. The van der Waals surface area contributed by atoms with E-state index in [-0.39, 0.29) is 31.9 Å². The third kappa shape index (κ3) is 5.66. The number of alkyl halides is 3. The summed E-state index contributed by atoms with van der Waals surface area (Å²) in [6, 6.07) is 4.08. The molecular formula is C24H36F3N3O8. The molecule has 216 valence electrons. The van der Waals surface area contributed by atoms with Crippen LogP contribution in [0.5, 0.6) is 5.75 Å². The summed E-state index contributed by atoms with van der Waals surface area (Å²) in [4.78, 5) is 0. The van der Waals surface area contributed by atoms with E-state index in [0.717, 1.165) is 0 Å².